The van der Waals surface area contributed by atoms with Crippen molar-refractivity contribution in [2.75, 3.05) is 6.61 Å². The molecule has 0 saturated heterocycles. The van der Waals surface area contributed by atoms with Crippen molar-refractivity contribution in [2.45, 2.75) is 13.3 Å². The Labute approximate surface area is 75.4 Å². The van der Waals surface area contributed by atoms with Crippen LogP contribution in [0, 0.1) is 0 Å². The molecule has 0 spiro atoms. The summed E-state index contributed by atoms with van der Waals surface area (Å²) in [7, 11) is 0. The quantitative estimate of drug-likeness (QED) is 0.656. The van der Waals surface area contributed by atoms with Crippen LogP contribution < -0.4 is 0 Å². The smallest absolute Gasteiger partial charge is 0.376 e. The predicted octanol–water partition coefficient (Wildman–Crippen LogP) is 1.19. The highest BCUT2D eigenvalue weighted by Crippen LogP contribution is 2.03. The molecule has 1 aromatic heterocycles. The Morgan fingerprint density at radius 3 is 3.00 bits per heavy atom. The van der Waals surface area contributed by atoms with E-state index in [2.05, 4.69) is 9.97 Å². The normalized spacial score (nSPS) is 9.62. The average molecular weight is 181 g/mol. The molecule has 0 fully saturated rings. The molecule has 0 N–H and O–H groups in total. The Morgan fingerprint density at radius 2 is 2.38 bits per heavy atom. The molecule has 0 aromatic carbocycles. The van der Waals surface area contributed by atoms with E-state index in [0.717, 1.165) is 6.42 Å². The summed E-state index contributed by atoms with van der Waals surface area (Å²) in [6.07, 6.45) is 1.96. The molecule has 1 rings (SSSR count). The highest BCUT2D eigenvalue weighted by atomic mass is 16.5. The molecule has 1 heterocycles. The topological polar surface area (TPSA) is 72.0 Å². The number of aromatic nitrogens is 2. The van der Waals surface area contributed by atoms with Gasteiger partial charge in [0.05, 0.1) is 6.61 Å². The van der Waals surface area contributed by atoms with Crippen LogP contribution in [0.3, 0.4) is 0 Å². The fraction of sp³-hybridized carbons (Fsp3) is 0.375. The SMILES string of the molecule is CCCOC(=O)c1nccc([O])n1. The van der Waals surface area contributed by atoms with Gasteiger partial charge in [-0.3, -0.25) is 5.11 Å². The minimum absolute atomic E-state index is 0.180. The number of rotatable bonds is 3. The zero-order chi connectivity index (χ0) is 9.68. The van der Waals surface area contributed by atoms with Crippen molar-refractivity contribution < 1.29 is 14.6 Å². The van der Waals surface area contributed by atoms with E-state index in [0.29, 0.717) is 6.61 Å². The highest BCUT2D eigenvalue weighted by molar-refractivity contribution is 5.85. The van der Waals surface area contributed by atoms with Gasteiger partial charge in [0.15, 0.2) is 0 Å². The summed E-state index contributed by atoms with van der Waals surface area (Å²) in [5.41, 5.74) is 0. The summed E-state index contributed by atoms with van der Waals surface area (Å²) in [4.78, 5) is 18.1. The van der Waals surface area contributed by atoms with E-state index in [9.17, 15) is 9.90 Å². The van der Waals surface area contributed by atoms with Gasteiger partial charge in [-0.25, -0.2) is 9.78 Å². The molecule has 1 aromatic rings. The van der Waals surface area contributed by atoms with Crippen LogP contribution in [0.1, 0.15) is 24.0 Å². The van der Waals surface area contributed by atoms with E-state index in [4.69, 9.17) is 4.74 Å². The lowest BCUT2D eigenvalue weighted by molar-refractivity contribution is 0.0488. The second kappa shape index (κ2) is 4.39. The lowest BCUT2D eigenvalue weighted by Crippen LogP contribution is -2.09. The van der Waals surface area contributed by atoms with E-state index in [-0.39, 0.29) is 5.82 Å². The first-order valence-corrected chi connectivity index (χ1v) is 3.91. The Bertz CT molecular complexity index is 301. The summed E-state index contributed by atoms with van der Waals surface area (Å²) >= 11 is 0. The van der Waals surface area contributed by atoms with Gasteiger partial charge in [-0.2, -0.15) is 4.98 Å². The van der Waals surface area contributed by atoms with Gasteiger partial charge < -0.3 is 4.74 Å². The molecule has 0 amide bonds. The van der Waals surface area contributed by atoms with Crippen molar-refractivity contribution in [3.63, 3.8) is 0 Å². The van der Waals surface area contributed by atoms with Crippen molar-refractivity contribution in [3.05, 3.63) is 18.1 Å². The van der Waals surface area contributed by atoms with Gasteiger partial charge in [-0.15, -0.1) is 0 Å². The summed E-state index contributed by atoms with van der Waals surface area (Å²) in [5, 5.41) is 10.7. The summed E-state index contributed by atoms with van der Waals surface area (Å²) in [6, 6.07) is 1.18. The van der Waals surface area contributed by atoms with E-state index in [1.54, 1.807) is 0 Å². The Hall–Kier alpha value is -1.65. The largest absolute Gasteiger partial charge is 0.460 e. The van der Waals surface area contributed by atoms with Gasteiger partial charge in [0.1, 0.15) is 0 Å². The molecule has 1 radical (unpaired) electrons. The zero-order valence-corrected chi connectivity index (χ0v) is 7.19. The minimum atomic E-state index is -0.653. The predicted molar refractivity (Wildman–Crippen MR) is 42.7 cm³/mol. The van der Waals surface area contributed by atoms with Crippen molar-refractivity contribution in [1.82, 2.24) is 9.97 Å². The lowest BCUT2D eigenvalue weighted by atomic mass is 10.5. The summed E-state index contributed by atoms with van der Waals surface area (Å²) in [6.45, 7) is 2.18. The third-order valence-electron chi connectivity index (χ3n) is 1.25. The van der Waals surface area contributed by atoms with E-state index >= 15 is 0 Å². The first-order valence-electron chi connectivity index (χ1n) is 3.91. The van der Waals surface area contributed by atoms with Crippen molar-refractivity contribution in [3.8, 4) is 5.88 Å². The standard InChI is InChI=1S/C8H9N2O3/c1-2-5-13-8(12)7-9-4-3-6(11)10-7/h3-4H,2,5H2,1H3. The number of esters is 1. The molecule has 0 aliphatic carbocycles. The van der Waals surface area contributed by atoms with Crippen molar-refractivity contribution >= 4 is 5.97 Å². The van der Waals surface area contributed by atoms with Crippen LogP contribution in [-0.4, -0.2) is 22.5 Å². The van der Waals surface area contributed by atoms with E-state index in [1.165, 1.54) is 12.3 Å². The van der Waals surface area contributed by atoms with Crippen molar-refractivity contribution in [2.24, 2.45) is 0 Å². The fourth-order valence-corrected chi connectivity index (χ4v) is 0.700. The molecule has 0 bridgehead atoms. The average Bonchev–Trinajstić information content (AvgIpc) is 2.14. The zero-order valence-electron chi connectivity index (χ0n) is 7.19. The van der Waals surface area contributed by atoms with Crippen LogP contribution in [0.2, 0.25) is 0 Å². The molecule has 13 heavy (non-hydrogen) atoms. The molecule has 0 unspecified atom stereocenters. The second-order valence-electron chi connectivity index (χ2n) is 2.35. The Morgan fingerprint density at radius 1 is 1.62 bits per heavy atom. The monoisotopic (exact) mass is 181 g/mol. The summed E-state index contributed by atoms with van der Waals surface area (Å²) < 4.78 is 4.73. The molecule has 0 saturated carbocycles. The van der Waals surface area contributed by atoms with Crippen LogP contribution in [0.5, 0.6) is 5.88 Å². The van der Waals surface area contributed by atoms with Gasteiger partial charge in [0.25, 0.3) is 5.88 Å². The number of carbonyl (C=O) groups excluding carboxylic acids is 1. The van der Waals surface area contributed by atoms with Crippen LogP contribution in [0.4, 0.5) is 0 Å². The van der Waals surface area contributed by atoms with Crippen molar-refractivity contribution in [1.29, 1.82) is 0 Å². The second-order valence-corrected chi connectivity index (χ2v) is 2.35. The molecule has 0 aliphatic heterocycles. The number of ether oxygens (including phenoxy) is 1. The molecule has 0 aliphatic rings. The fourth-order valence-electron chi connectivity index (χ4n) is 0.700. The Balaban J connectivity index is 2.66. The minimum Gasteiger partial charge on any atom is -0.460 e. The molecule has 0 atom stereocenters. The molecule has 69 valence electrons. The van der Waals surface area contributed by atoms with E-state index < -0.39 is 11.8 Å². The van der Waals surface area contributed by atoms with Gasteiger partial charge in [0.2, 0.25) is 5.82 Å². The maximum atomic E-state index is 11.1. The van der Waals surface area contributed by atoms with Crippen LogP contribution >= 0.6 is 0 Å². The molecular formula is C8H9N2O3. The third-order valence-corrected chi connectivity index (χ3v) is 1.25. The number of hydrogen-bond donors (Lipinski definition) is 0. The Kier molecular flexibility index (Phi) is 3.19. The number of carbonyl (C=O) groups is 1. The highest BCUT2D eigenvalue weighted by Gasteiger charge is 2.10. The summed E-state index contributed by atoms with van der Waals surface area (Å²) in [5.74, 6) is -1.32. The first-order chi connectivity index (χ1) is 6.24. The van der Waals surface area contributed by atoms with Crippen LogP contribution in [0.25, 0.3) is 0 Å². The van der Waals surface area contributed by atoms with E-state index in [1.807, 2.05) is 6.92 Å². The first kappa shape index (κ1) is 9.44. The molecule has 5 nitrogen and oxygen atoms in total. The molecular weight excluding hydrogens is 172 g/mol. The van der Waals surface area contributed by atoms with Crippen LogP contribution in [-0.2, 0) is 9.84 Å². The third kappa shape index (κ3) is 2.70. The van der Waals surface area contributed by atoms with Gasteiger partial charge in [-0.1, -0.05) is 6.92 Å². The maximum absolute atomic E-state index is 11.1. The van der Waals surface area contributed by atoms with Crippen LogP contribution in [0.15, 0.2) is 12.3 Å². The van der Waals surface area contributed by atoms with Gasteiger partial charge in [0, 0.05) is 12.3 Å². The number of nitrogens with zero attached hydrogens (tertiary/aromatic N) is 2. The van der Waals surface area contributed by atoms with Gasteiger partial charge >= 0.3 is 5.97 Å². The number of hydrogen-bond acceptors (Lipinski definition) is 4. The lowest BCUT2D eigenvalue weighted by Gasteiger charge is -1.99. The van der Waals surface area contributed by atoms with Gasteiger partial charge in [-0.05, 0) is 6.42 Å². The molecule has 5 heteroatoms. The maximum Gasteiger partial charge on any atom is 0.376 e.